The SMILES string of the molecule is Cc1cc[n+](CC(O)COc2ccccc2)cc1.[Br-]. The number of hydrogen-bond donors (Lipinski definition) is 1. The van der Waals surface area contributed by atoms with Crippen molar-refractivity contribution in [2.45, 2.75) is 19.6 Å². The Morgan fingerprint density at radius 2 is 1.74 bits per heavy atom. The molecule has 102 valence electrons. The van der Waals surface area contributed by atoms with Crippen molar-refractivity contribution in [3.63, 3.8) is 0 Å². The lowest BCUT2D eigenvalue weighted by Crippen LogP contribution is -3.00. The van der Waals surface area contributed by atoms with Crippen molar-refractivity contribution in [2.24, 2.45) is 0 Å². The van der Waals surface area contributed by atoms with Gasteiger partial charge in [-0.15, -0.1) is 0 Å². The van der Waals surface area contributed by atoms with Gasteiger partial charge in [0.25, 0.3) is 0 Å². The molecular formula is C15H18BrNO2. The maximum Gasteiger partial charge on any atom is 0.177 e. The highest BCUT2D eigenvalue weighted by atomic mass is 79.9. The summed E-state index contributed by atoms with van der Waals surface area (Å²) < 4.78 is 7.45. The molecule has 1 aromatic carbocycles. The van der Waals surface area contributed by atoms with Crippen LogP contribution in [0.2, 0.25) is 0 Å². The van der Waals surface area contributed by atoms with E-state index in [0.29, 0.717) is 13.2 Å². The average Bonchev–Trinajstić information content (AvgIpc) is 2.40. The molecule has 19 heavy (non-hydrogen) atoms. The molecule has 1 unspecified atom stereocenters. The van der Waals surface area contributed by atoms with Crippen LogP contribution in [0, 0.1) is 6.92 Å². The maximum atomic E-state index is 9.89. The molecule has 0 amide bonds. The molecule has 0 saturated carbocycles. The minimum atomic E-state index is -0.516. The molecule has 0 saturated heterocycles. The van der Waals surface area contributed by atoms with Gasteiger partial charge in [-0.3, -0.25) is 0 Å². The summed E-state index contributed by atoms with van der Waals surface area (Å²) in [6.07, 6.45) is 3.40. The lowest BCUT2D eigenvalue weighted by atomic mass is 10.3. The van der Waals surface area contributed by atoms with Crippen LogP contribution in [0.25, 0.3) is 0 Å². The normalized spacial score (nSPS) is 11.5. The number of ether oxygens (including phenoxy) is 1. The fraction of sp³-hybridized carbons (Fsp3) is 0.267. The first-order valence-electron chi connectivity index (χ1n) is 6.05. The lowest BCUT2D eigenvalue weighted by Gasteiger charge is -2.09. The number of aliphatic hydroxyl groups excluding tert-OH is 1. The van der Waals surface area contributed by atoms with Crippen LogP contribution < -0.4 is 26.3 Å². The van der Waals surface area contributed by atoms with Crippen LogP contribution in [-0.4, -0.2) is 17.8 Å². The number of pyridine rings is 1. The summed E-state index contributed by atoms with van der Waals surface area (Å²) in [5.74, 6) is 0.783. The molecule has 1 aromatic heterocycles. The molecule has 0 aliphatic rings. The molecular weight excluding hydrogens is 306 g/mol. The largest absolute Gasteiger partial charge is 1.00 e. The average molecular weight is 324 g/mol. The minimum Gasteiger partial charge on any atom is -1.00 e. The van der Waals surface area contributed by atoms with E-state index in [4.69, 9.17) is 4.74 Å². The number of hydrogen-bond acceptors (Lipinski definition) is 2. The van der Waals surface area contributed by atoms with Crippen LogP contribution in [0.1, 0.15) is 5.56 Å². The number of aromatic nitrogens is 1. The van der Waals surface area contributed by atoms with Crippen LogP contribution >= 0.6 is 0 Å². The third-order valence-electron chi connectivity index (χ3n) is 2.66. The van der Waals surface area contributed by atoms with Gasteiger partial charge in [0.2, 0.25) is 0 Å². The third-order valence-corrected chi connectivity index (χ3v) is 2.66. The van der Waals surface area contributed by atoms with Gasteiger partial charge in [0.05, 0.1) is 0 Å². The van der Waals surface area contributed by atoms with E-state index in [-0.39, 0.29) is 17.0 Å². The zero-order valence-corrected chi connectivity index (χ0v) is 12.5. The van der Waals surface area contributed by atoms with E-state index >= 15 is 0 Å². The van der Waals surface area contributed by atoms with E-state index < -0.39 is 6.10 Å². The van der Waals surface area contributed by atoms with Gasteiger partial charge in [-0.1, -0.05) is 18.2 Å². The predicted molar refractivity (Wildman–Crippen MR) is 69.3 cm³/mol. The molecule has 1 heterocycles. The lowest BCUT2D eigenvalue weighted by molar-refractivity contribution is -0.703. The Labute approximate surface area is 124 Å². The molecule has 0 aliphatic heterocycles. The Bertz CT molecular complexity index is 473. The third kappa shape index (κ3) is 5.41. The fourth-order valence-corrected chi connectivity index (χ4v) is 1.66. The van der Waals surface area contributed by atoms with Crippen molar-refractivity contribution in [1.29, 1.82) is 0 Å². The van der Waals surface area contributed by atoms with Crippen molar-refractivity contribution in [1.82, 2.24) is 0 Å². The molecule has 1 atom stereocenters. The van der Waals surface area contributed by atoms with Crippen LogP contribution in [0.15, 0.2) is 54.9 Å². The van der Waals surface area contributed by atoms with Crippen LogP contribution in [0.3, 0.4) is 0 Å². The highest BCUT2D eigenvalue weighted by Crippen LogP contribution is 2.08. The van der Waals surface area contributed by atoms with Crippen molar-refractivity contribution in [3.8, 4) is 5.75 Å². The summed E-state index contributed by atoms with van der Waals surface area (Å²) in [6.45, 7) is 2.87. The first-order valence-corrected chi connectivity index (χ1v) is 6.05. The van der Waals surface area contributed by atoms with Gasteiger partial charge in [-0.05, 0) is 24.6 Å². The molecule has 0 bridgehead atoms. The number of halogens is 1. The van der Waals surface area contributed by atoms with Gasteiger partial charge in [0.1, 0.15) is 18.5 Å². The summed E-state index contributed by atoms with van der Waals surface area (Å²) in [5, 5.41) is 9.89. The smallest absolute Gasteiger partial charge is 0.177 e. The minimum absolute atomic E-state index is 0. The quantitative estimate of drug-likeness (QED) is 0.696. The number of benzene rings is 1. The molecule has 3 nitrogen and oxygen atoms in total. The van der Waals surface area contributed by atoms with Gasteiger partial charge >= 0.3 is 0 Å². The van der Waals surface area contributed by atoms with Crippen molar-refractivity contribution < 1.29 is 31.4 Å². The Kier molecular flexibility index (Phi) is 6.53. The zero-order chi connectivity index (χ0) is 12.8. The Hall–Kier alpha value is -1.39. The maximum absolute atomic E-state index is 9.89. The topological polar surface area (TPSA) is 33.3 Å². The Balaban J connectivity index is 0.00000180. The summed E-state index contributed by atoms with van der Waals surface area (Å²) in [5.41, 5.74) is 1.21. The number of aliphatic hydroxyl groups is 1. The monoisotopic (exact) mass is 323 g/mol. The van der Waals surface area contributed by atoms with E-state index in [2.05, 4.69) is 0 Å². The standard InChI is InChI=1S/C15H18NO2.BrH/c1-13-7-9-16(10-8-13)11-14(17)12-18-15-5-3-2-4-6-15;/h2-10,14,17H,11-12H2,1H3;1H/q+1;/p-1. The van der Waals surface area contributed by atoms with Gasteiger partial charge < -0.3 is 26.8 Å². The van der Waals surface area contributed by atoms with Gasteiger partial charge in [-0.2, -0.15) is 0 Å². The van der Waals surface area contributed by atoms with Crippen molar-refractivity contribution >= 4 is 0 Å². The van der Waals surface area contributed by atoms with Gasteiger partial charge in [-0.25, -0.2) is 4.57 Å². The highest BCUT2D eigenvalue weighted by Gasteiger charge is 2.11. The molecule has 2 rings (SSSR count). The molecule has 0 spiro atoms. The molecule has 1 N–H and O–H groups in total. The summed E-state index contributed by atoms with van der Waals surface area (Å²) in [6, 6.07) is 13.6. The Morgan fingerprint density at radius 1 is 1.11 bits per heavy atom. The number of rotatable bonds is 5. The fourth-order valence-electron chi connectivity index (χ4n) is 1.66. The first kappa shape index (κ1) is 15.7. The molecule has 2 aromatic rings. The highest BCUT2D eigenvalue weighted by molar-refractivity contribution is 5.20. The number of para-hydroxylation sites is 1. The second-order valence-electron chi connectivity index (χ2n) is 4.35. The summed E-state index contributed by atoms with van der Waals surface area (Å²) >= 11 is 0. The molecule has 0 radical (unpaired) electrons. The van der Waals surface area contributed by atoms with Crippen molar-refractivity contribution in [2.75, 3.05) is 6.61 Å². The summed E-state index contributed by atoms with van der Waals surface area (Å²) in [7, 11) is 0. The van der Waals surface area contributed by atoms with Gasteiger partial charge in [0.15, 0.2) is 18.9 Å². The van der Waals surface area contributed by atoms with Gasteiger partial charge in [0, 0.05) is 12.1 Å². The second kappa shape index (κ2) is 7.92. The van der Waals surface area contributed by atoms with E-state index in [1.165, 1.54) is 5.56 Å². The van der Waals surface area contributed by atoms with E-state index in [1.807, 2.05) is 66.3 Å². The number of nitrogens with zero attached hydrogens (tertiary/aromatic N) is 1. The van der Waals surface area contributed by atoms with Crippen LogP contribution in [0.5, 0.6) is 5.75 Å². The van der Waals surface area contributed by atoms with Crippen molar-refractivity contribution in [3.05, 3.63) is 60.4 Å². The van der Waals surface area contributed by atoms with Crippen LogP contribution in [0.4, 0.5) is 0 Å². The first-order chi connectivity index (χ1) is 8.74. The van der Waals surface area contributed by atoms with E-state index in [1.54, 1.807) is 0 Å². The number of aryl methyl sites for hydroxylation is 1. The zero-order valence-electron chi connectivity index (χ0n) is 10.9. The summed E-state index contributed by atoms with van der Waals surface area (Å²) in [4.78, 5) is 0. The Morgan fingerprint density at radius 3 is 2.37 bits per heavy atom. The van der Waals surface area contributed by atoms with E-state index in [9.17, 15) is 5.11 Å². The predicted octanol–water partition coefficient (Wildman–Crippen LogP) is -1.27. The van der Waals surface area contributed by atoms with Crippen LogP contribution in [-0.2, 0) is 6.54 Å². The molecule has 0 fully saturated rings. The molecule has 0 aliphatic carbocycles. The second-order valence-corrected chi connectivity index (χ2v) is 4.35. The molecule has 4 heteroatoms. The van der Waals surface area contributed by atoms with E-state index in [0.717, 1.165) is 5.75 Å².